The van der Waals surface area contributed by atoms with Crippen LogP contribution in [0, 0.1) is 20.2 Å². The lowest BCUT2D eigenvalue weighted by molar-refractivity contribution is -0.385. The van der Waals surface area contributed by atoms with E-state index < -0.39 is 28.0 Å². The molecule has 250 valence electrons. The topological polar surface area (TPSA) is 218 Å². The predicted molar refractivity (Wildman–Crippen MR) is 169 cm³/mol. The van der Waals surface area contributed by atoms with Gasteiger partial charge >= 0.3 is 12.1 Å². The average molecular weight is 671 g/mol. The molecule has 2 aromatic carbocycles. The maximum Gasteiger partial charge on any atom is 0.410 e. The first-order chi connectivity index (χ1) is 22.4. The minimum Gasteiger partial charge on any atom is -0.460 e. The Morgan fingerprint density at radius 1 is 0.915 bits per heavy atom. The molecule has 2 N–H and O–H groups in total. The Balaban J connectivity index is 1.27. The number of rotatable bonds is 11. The number of nitrogens with zero attached hydrogens (tertiary/aromatic N) is 5. The fourth-order valence-corrected chi connectivity index (χ4v) is 6.26. The van der Waals surface area contributed by atoms with Crippen LogP contribution in [-0.2, 0) is 37.1 Å². The van der Waals surface area contributed by atoms with E-state index in [1.165, 1.54) is 60.4 Å². The lowest BCUT2D eigenvalue weighted by atomic mass is 10.0. The van der Waals surface area contributed by atoms with Crippen LogP contribution in [0.2, 0.25) is 0 Å². The lowest BCUT2D eigenvalue weighted by Crippen LogP contribution is -2.50. The van der Waals surface area contributed by atoms with E-state index >= 15 is 0 Å². The Hall–Kier alpha value is -5.06. The first-order valence-electron chi connectivity index (χ1n) is 14.7. The van der Waals surface area contributed by atoms with E-state index in [4.69, 9.17) is 15.2 Å². The quantitative estimate of drug-likeness (QED) is 0.120. The molecule has 2 aliphatic rings. The fraction of sp³-hybridized carbons (Fsp3) is 0.433. The van der Waals surface area contributed by atoms with Crippen LogP contribution in [-0.4, -0.2) is 85.5 Å². The molecule has 0 saturated carbocycles. The molecule has 0 bridgehead atoms. The van der Waals surface area contributed by atoms with Crippen molar-refractivity contribution in [3.63, 3.8) is 0 Å². The van der Waals surface area contributed by atoms with Crippen LogP contribution in [0.3, 0.4) is 0 Å². The van der Waals surface area contributed by atoms with Gasteiger partial charge in [-0.1, -0.05) is 11.8 Å². The normalized spacial score (nSPS) is 18.4. The van der Waals surface area contributed by atoms with Crippen molar-refractivity contribution >= 4 is 52.1 Å². The number of non-ortho nitro benzene ring substituents is 2. The van der Waals surface area contributed by atoms with Crippen LogP contribution in [0.4, 0.5) is 16.2 Å². The molecule has 0 radical (unpaired) electrons. The fourth-order valence-electron chi connectivity index (χ4n) is 5.28. The Morgan fingerprint density at radius 2 is 1.45 bits per heavy atom. The molecular formula is C30H34N6O10S. The number of hydrogen-bond donors (Lipinski definition) is 1. The summed E-state index contributed by atoms with van der Waals surface area (Å²) in [7, 11) is 0. The number of amidine groups is 1. The van der Waals surface area contributed by atoms with E-state index in [9.17, 15) is 39.4 Å². The van der Waals surface area contributed by atoms with E-state index in [0.717, 1.165) is 11.8 Å². The molecule has 47 heavy (non-hydrogen) atoms. The van der Waals surface area contributed by atoms with Crippen molar-refractivity contribution in [1.82, 2.24) is 9.80 Å². The minimum absolute atomic E-state index is 0.0692. The number of thioether (sulfide) groups is 1. The highest BCUT2D eigenvalue weighted by atomic mass is 32.2. The van der Waals surface area contributed by atoms with Crippen LogP contribution in [0.5, 0.6) is 0 Å². The Kier molecular flexibility index (Phi) is 11.8. The Morgan fingerprint density at radius 3 is 1.96 bits per heavy atom. The van der Waals surface area contributed by atoms with E-state index in [1.54, 1.807) is 4.90 Å². The second-order valence-electron chi connectivity index (χ2n) is 11.1. The number of benzene rings is 2. The standard InChI is InChI=1S/C30H34N6O10S/c1-19(37)47-25-14-26(34(16-25)30(40)46-18-21-4-8-24(9-5-21)36(43)44)29(39)33-12-10-22(11-13-33)32-27(31)15-28(38)45-17-20-2-6-23(7-3-20)35(41)42/h2-9,22,25-26H,10-18H2,1H3,(H2,31,32)/t25-,26-/m0/s1. The van der Waals surface area contributed by atoms with Crippen molar-refractivity contribution < 1.29 is 38.5 Å². The number of amides is 2. The number of ether oxygens (including phenoxy) is 2. The van der Waals surface area contributed by atoms with Crippen LogP contribution < -0.4 is 5.73 Å². The number of hydrogen-bond acceptors (Lipinski definition) is 12. The molecular weight excluding hydrogens is 636 g/mol. The molecule has 2 saturated heterocycles. The molecule has 0 aromatic heterocycles. The third kappa shape index (κ3) is 9.96. The second kappa shape index (κ2) is 16.0. The summed E-state index contributed by atoms with van der Waals surface area (Å²) in [5.74, 6) is -0.781. The van der Waals surface area contributed by atoms with Crippen molar-refractivity contribution in [3.8, 4) is 0 Å². The molecule has 0 unspecified atom stereocenters. The Labute approximate surface area is 273 Å². The molecule has 2 aliphatic heterocycles. The monoisotopic (exact) mass is 670 g/mol. The largest absolute Gasteiger partial charge is 0.460 e. The summed E-state index contributed by atoms with van der Waals surface area (Å²) in [5.41, 5.74) is 6.96. The molecule has 0 aliphatic carbocycles. The summed E-state index contributed by atoms with van der Waals surface area (Å²) in [6.07, 6.45) is 0.282. The van der Waals surface area contributed by atoms with Gasteiger partial charge in [-0.25, -0.2) is 4.79 Å². The minimum atomic E-state index is -0.827. The van der Waals surface area contributed by atoms with Gasteiger partial charge in [-0.05, 0) is 54.7 Å². The maximum absolute atomic E-state index is 13.6. The molecule has 2 aromatic rings. The summed E-state index contributed by atoms with van der Waals surface area (Å²) in [5, 5.41) is 21.2. The highest BCUT2D eigenvalue weighted by Crippen LogP contribution is 2.31. The van der Waals surface area contributed by atoms with Gasteiger partial charge < -0.3 is 20.1 Å². The number of piperidine rings is 1. The van der Waals surface area contributed by atoms with Crippen molar-refractivity contribution in [3.05, 3.63) is 79.9 Å². The predicted octanol–water partition coefficient (Wildman–Crippen LogP) is 3.34. The van der Waals surface area contributed by atoms with E-state index in [-0.39, 0.29) is 72.1 Å². The summed E-state index contributed by atoms with van der Waals surface area (Å²) in [6.45, 7) is 2.05. The average Bonchev–Trinajstić information content (AvgIpc) is 3.46. The second-order valence-corrected chi connectivity index (χ2v) is 12.5. The van der Waals surface area contributed by atoms with Gasteiger partial charge in [0.15, 0.2) is 5.12 Å². The Bertz CT molecular complexity index is 1530. The molecule has 2 atom stereocenters. The van der Waals surface area contributed by atoms with Crippen molar-refractivity contribution in [2.75, 3.05) is 19.6 Å². The van der Waals surface area contributed by atoms with Crippen LogP contribution in [0.25, 0.3) is 0 Å². The first-order valence-corrected chi connectivity index (χ1v) is 15.6. The third-order valence-corrected chi connectivity index (χ3v) is 8.63. The van der Waals surface area contributed by atoms with Gasteiger partial charge in [0.25, 0.3) is 11.4 Å². The summed E-state index contributed by atoms with van der Waals surface area (Å²) in [4.78, 5) is 78.7. The molecule has 0 spiro atoms. The zero-order chi connectivity index (χ0) is 34.1. The van der Waals surface area contributed by atoms with Crippen LogP contribution in [0.1, 0.15) is 43.7 Å². The summed E-state index contributed by atoms with van der Waals surface area (Å²) >= 11 is 1.07. The molecule has 17 heteroatoms. The van der Waals surface area contributed by atoms with Crippen LogP contribution in [0.15, 0.2) is 53.5 Å². The van der Waals surface area contributed by atoms with Gasteiger partial charge in [0.1, 0.15) is 31.5 Å². The van der Waals surface area contributed by atoms with Crippen molar-refractivity contribution in [1.29, 1.82) is 0 Å². The zero-order valence-corrected chi connectivity index (χ0v) is 26.3. The first kappa shape index (κ1) is 34.8. The van der Waals surface area contributed by atoms with E-state index in [2.05, 4.69) is 4.99 Å². The molecule has 2 fully saturated rings. The lowest BCUT2D eigenvalue weighted by Gasteiger charge is -2.34. The summed E-state index contributed by atoms with van der Waals surface area (Å²) in [6, 6.07) is 10.2. The van der Waals surface area contributed by atoms with E-state index in [0.29, 0.717) is 37.1 Å². The maximum atomic E-state index is 13.6. The molecule has 16 nitrogen and oxygen atoms in total. The van der Waals surface area contributed by atoms with Gasteiger partial charge in [-0.2, -0.15) is 0 Å². The molecule has 4 rings (SSSR count). The molecule has 2 amide bonds. The zero-order valence-electron chi connectivity index (χ0n) is 25.5. The SMILES string of the molecule is CC(=O)S[C@H]1C[C@@H](C(=O)N2CCC(N=C(N)CC(=O)OCc3ccc([N+](=O)[O-])cc3)CC2)N(C(=O)OCc2ccc([N+](=O)[O-])cc2)C1. The van der Waals surface area contributed by atoms with Gasteiger partial charge in [0.2, 0.25) is 5.91 Å². The van der Waals surface area contributed by atoms with Crippen molar-refractivity contribution in [2.24, 2.45) is 10.7 Å². The highest BCUT2D eigenvalue weighted by molar-refractivity contribution is 8.14. The number of aliphatic imine (C=N–C) groups is 1. The smallest absolute Gasteiger partial charge is 0.410 e. The van der Waals surface area contributed by atoms with Gasteiger partial charge in [-0.3, -0.25) is 44.5 Å². The number of nitro groups is 2. The number of carbonyl (C=O) groups is 4. The number of carbonyl (C=O) groups excluding carboxylic acids is 4. The van der Waals surface area contributed by atoms with Gasteiger partial charge in [0, 0.05) is 56.1 Å². The summed E-state index contributed by atoms with van der Waals surface area (Å²) < 4.78 is 10.6. The van der Waals surface area contributed by atoms with Gasteiger partial charge in [0.05, 0.1) is 15.9 Å². The van der Waals surface area contributed by atoms with Gasteiger partial charge in [-0.15, -0.1) is 0 Å². The highest BCUT2D eigenvalue weighted by Gasteiger charge is 2.43. The van der Waals surface area contributed by atoms with E-state index in [1.807, 2.05) is 0 Å². The third-order valence-electron chi connectivity index (χ3n) is 7.62. The number of nitrogens with two attached hydrogens (primary N) is 1. The number of likely N-dealkylation sites (tertiary alicyclic amines) is 2. The number of nitro benzene ring substituents is 2. The molecule has 2 heterocycles. The van der Waals surface area contributed by atoms with Crippen LogP contribution >= 0.6 is 11.8 Å². The number of esters is 1. The van der Waals surface area contributed by atoms with Crippen molar-refractivity contribution in [2.45, 2.75) is 63.2 Å².